The molecule has 15 heavy (non-hydrogen) atoms. The van der Waals surface area contributed by atoms with E-state index in [2.05, 4.69) is 0 Å². The lowest BCUT2D eigenvalue weighted by atomic mass is 10.0. The maximum atomic E-state index is 11.8. The van der Waals surface area contributed by atoms with Crippen molar-refractivity contribution in [3.63, 3.8) is 0 Å². The van der Waals surface area contributed by atoms with E-state index >= 15 is 0 Å². The van der Waals surface area contributed by atoms with Crippen LogP contribution in [0.25, 0.3) is 0 Å². The third kappa shape index (κ3) is 5.71. The molecule has 1 unspecified atom stereocenters. The van der Waals surface area contributed by atoms with E-state index in [0.29, 0.717) is 6.54 Å². The average molecular weight is 218 g/mol. The van der Waals surface area contributed by atoms with Gasteiger partial charge in [0.2, 0.25) is 5.91 Å². The van der Waals surface area contributed by atoms with Crippen LogP contribution in [0.4, 0.5) is 0 Å². The number of aliphatic hydroxyl groups is 2. The van der Waals surface area contributed by atoms with Gasteiger partial charge in [-0.25, -0.2) is 0 Å². The van der Waals surface area contributed by atoms with Gasteiger partial charge in [-0.05, 0) is 19.4 Å². The number of rotatable bonds is 8. The smallest absolute Gasteiger partial charge is 0.225 e. The molecule has 0 aliphatic carbocycles. The maximum absolute atomic E-state index is 11.8. The summed E-state index contributed by atoms with van der Waals surface area (Å²) in [5, 5.41) is 17.5. The zero-order valence-electron chi connectivity index (χ0n) is 9.35. The molecule has 0 saturated carbocycles. The monoisotopic (exact) mass is 218 g/mol. The number of hydrogen-bond donors (Lipinski definition) is 3. The second-order valence-electron chi connectivity index (χ2n) is 3.60. The van der Waals surface area contributed by atoms with E-state index in [9.17, 15) is 4.79 Å². The molecule has 0 radical (unpaired) electrons. The summed E-state index contributed by atoms with van der Waals surface area (Å²) in [4.78, 5) is 13.3. The highest BCUT2D eigenvalue weighted by Crippen LogP contribution is 2.09. The largest absolute Gasteiger partial charge is 0.395 e. The number of aliphatic hydroxyl groups excluding tert-OH is 2. The van der Waals surface area contributed by atoms with E-state index in [0.717, 1.165) is 12.8 Å². The van der Waals surface area contributed by atoms with Gasteiger partial charge in [0, 0.05) is 19.0 Å². The Kier molecular flexibility index (Phi) is 8.27. The SMILES string of the molecule is CC(CCCN)C(=O)N(CCO)CCO. The van der Waals surface area contributed by atoms with E-state index < -0.39 is 0 Å². The summed E-state index contributed by atoms with van der Waals surface area (Å²) in [6.07, 6.45) is 1.57. The van der Waals surface area contributed by atoms with Crippen LogP contribution < -0.4 is 5.73 Å². The minimum Gasteiger partial charge on any atom is -0.395 e. The van der Waals surface area contributed by atoms with Crippen LogP contribution in [0, 0.1) is 5.92 Å². The van der Waals surface area contributed by atoms with Crippen molar-refractivity contribution in [2.45, 2.75) is 19.8 Å². The van der Waals surface area contributed by atoms with Crippen LogP contribution >= 0.6 is 0 Å². The topological polar surface area (TPSA) is 86.8 Å². The van der Waals surface area contributed by atoms with Crippen molar-refractivity contribution >= 4 is 5.91 Å². The summed E-state index contributed by atoms with van der Waals surface area (Å²) in [6, 6.07) is 0. The number of carbonyl (C=O) groups excluding carboxylic acids is 1. The molecule has 4 N–H and O–H groups in total. The molecule has 0 aromatic rings. The maximum Gasteiger partial charge on any atom is 0.225 e. The van der Waals surface area contributed by atoms with E-state index in [1.807, 2.05) is 6.92 Å². The molecule has 0 aliphatic heterocycles. The molecule has 0 rings (SSSR count). The van der Waals surface area contributed by atoms with Crippen molar-refractivity contribution in [2.24, 2.45) is 11.7 Å². The molecule has 0 aliphatic rings. The molecule has 5 heteroatoms. The van der Waals surface area contributed by atoms with Crippen LogP contribution in [-0.4, -0.2) is 53.9 Å². The van der Waals surface area contributed by atoms with Crippen molar-refractivity contribution in [3.8, 4) is 0 Å². The standard InChI is InChI=1S/C10H22N2O3/c1-9(3-2-4-11)10(15)12(5-7-13)6-8-14/h9,13-14H,2-8,11H2,1H3. The van der Waals surface area contributed by atoms with Gasteiger partial charge >= 0.3 is 0 Å². The molecule has 5 nitrogen and oxygen atoms in total. The van der Waals surface area contributed by atoms with Gasteiger partial charge in [0.05, 0.1) is 13.2 Å². The number of carbonyl (C=O) groups is 1. The Hall–Kier alpha value is -0.650. The zero-order valence-corrected chi connectivity index (χ0v) is 9.35. The van der Waals surface area contributed by atoms with Gasteiger partial charge in [-0.3, -0.25) is 4.79 Å². The Morgan fingerprint density at radius 1 is 1.33 bits per heavy atom. The summed E-state index contributed by atoms with van der Waals surface area (Å²) < 4.78 is 0. The van der Waals surface area contributed by atoms with Gasteiger partial charge in [0.1, 0.15) is 0 Å². The summed E-state index contributed by atoms with van der Waals surface area (Å²) in [5.74, 6) is -0.113. The van der Waals surface area contributed by atoms with Crippen molar-refractivity contribution in [3.05, 3.63) is 0 Å². The second kappa shape index (κ2) is 8.64. The Labute approximate surface area is 90.9 Å². The van der Waals surface area contributed by atoms with Crippen molar-refractivity contribution in [1.29, 1.82) is 0 Å². The third-order valence-electron chi connectivity index (χ3n) is 2.31. The molecule has 0 saturated heterocycles. The Morgan fingerprint density at radius 3 is 2.27 bits per heavy atom. The molecule has 0 spiro atoms. The van der Waals surface area contributed by atoms with Gasteiger partial charge in [-0.2, -0.15) is 0 Å². The minimum atomic E-state index is -0.0911. The Bertz CT molecular complexity index is 170. The summed E-state index contributed by atoms with van der Waals surface area (Å²) in [6.45, 7) is 2.85. The molecule has 90 valence electrons. The first-order valence-corrected chi connectivity index (χ1v) is 5.38. The lowest BCUT2D eigenvalue weighted by molar-refractivity contribution is -0.136. The molecule has 0 aromatic carbocycles. The highest BCUT2D eigenvalue weighted by molar-refractivity contribution is 5.78. The number of nitrogens with zero attached hydrogens (tertiary/aromatic N) is 1. The van der Waals surface area contributed by atoms with Crippen molar-refractivity contribution < 1.29 is 15.0 Å². The fourth-order valence-electron chi connectivity index (χ4n) is 1.43. The first-order valence-electron chi connectivity index (χ1n) is 5.38. The van der Waals surface area contributed by atoms with Gasteiger partial charge < -0.3 is 20.8 Å². The van der Waals surface area contributed by atoms with Crippen LogP contribution in [0.15, 0.2) is 0 Å². The molecule has 0 aromatic heterocycles. The van der Waals surface area contributed by atoms with Crippen LogP contribution in [0.3, 0.4) is 0 Å². The highest BCUT2D eigenvalue weighted by atomic mass is 16.3. The van der Waals surface area contributed by atoms with Gasteiger partial charge in [0.25, 0.3) is 0 Å². The van der Waals surface area contributed by atoms with Crippen LogP contribution in [0.1, 0.15) is 19.8 Å². The number of hydrogen-bond acceptors (Lipinski definition) is 4. The fraction of sp³-hybridized carbons (Fsp3) is 0.900. The van der Waals surface area contributed by atoms with Gasteiger partial charge in [-0.1, -0.05) is 6.92 Å². The normalized spacial score (nSPS) is 12.5. The lowest BCUT2D eigenvalue weighted by Crippen LogP contribution is -2.39. The van der Waals surface area contributed by atoms with E-state index in [1.165, 1.54) is 4.90 Å². The molecule has 1 amide bonds. The molecule has 0 fully saturated rings. The fourth-order valence-corrected chi connectivity index (χ4v) is 1.43. The quantitative estimate of drug-likeness (QED) is 0.496. The van der Waals surface area contributed by atoms with Crippen LogP contribution in [0.5, 0.6) is 0 Å². The molecule has 0 heterocycles. The molecule has 0 bridgehead atoms. The zero-order chi connectivity index (χ0) is 11.7. The summed E-state index contributed by atoms with van der Waals surface area (Å²) in [7, 11) is 0. The first kappa shape index (κ1) is 14.3. The summed E-state index contributed by atoms with van der Waals surface area (Å²) >= 11 is 0. The summed E-state index contributed by atoms with van der Waals surface area (Å²) in [5.41, 5.74) is 5.37. The molecular formula is C10H22N2O3. The van der Waals surface area contributed by atoms with Gasteiger partial charge in [0.15, 0.2) is 0 Å². The van der Waals surface area contributed by atoms with Crippen molar-refractivity contribution in [1.82, 2.24) is 4.90 Å². The third-order valence-corrected chi connectivity index (χ3v) is 2.31. The van der Waals surface area contributed by atoms with E-state index in [-0.39, 0.29) is 38.1 Å². The molecular weight excluding hydrogens is 196 g/mol. The lowest BCUT2D eigenvalue weighted by Gasteiger charge is -2.24. The Morgan fingerprint density at radius 2 is 1.87 bits per heavy atom. The van der Waals surface area contributed by atoms with Crippen molar-refractivity contribution in [2.75, 3.05) is 32.8 Å². The van der Waals surface area contributed by atoms with Crippen LogP contribution in [-0.2, 0) is 4.79 Å². The molecule has 1 atom stereocenters. The van der Waals surface area contributed by atoms with E-state index in [1.54, 1.807) is 0 Å². The van der Waals surface area contributed by atoms with Crippen LogP contribution in [0.2, 0.25) is 0 Å². The second-order valence-corrected chi connectivity index (χ2v) is 3.60. The van der Waals surface area contributed by atoms with Gasteiger partial charge in [-0.15, -0.1) is 0 Å². The highest BCUT2D eigenvalue weighted by Gasteiger charge is 2.18. The predicted molar refractivity (Wildman–Crippen MR) is 58.2 cm³/mol. The predicted octanol–water partition coefficient (Wildman–Crippen LogP) is -0.825. The minimum absolute atomic E-state index is 0.0217. The average Bonchev–Trinajstić information content (AvgIpc) is 2.24. The number of nitrogens with two attached hydrogens (primary N) is 1. The first-order chi connectivity index (χ1) is 7.17. The number of amides is 1. The van der Waals surface area contributed by atoms with E-state index in [4.69, 9.17) is 15.9 Å². The Balaban J connectivity index is 4.08.